The van der Waals surface area contributed by atoms with Crippen LogP contribution in [0.3, 0.4) is 0 Å². The topological polar surface area (TPSA) is 51.2 Å². The zero-order valence-electron chi connectivity index (χ0n) is 14.4. The van der Waals surface area contributed by atoms with Crippen molar-refractivity contribution in [2.45, 2.75) is 19.4 Å². The predicted molar refractivity (Wildman–Crippen MR) is 106 cm³/mol. The summed E-state index contributed by atoms with van der Waals surface area (Å²) in [5.41, 5.74) is 3.66. The number of aromatic nitrogens is 1. The van der Waals surface area contributed by atoms with Crippen molar-refractivity contribution in [2.24, 2.45) is 0 Å². The smallest absolute Gasteiger partial charge is 0.230 e. The number of carbonyl (C=O) groups excluding carboxylic acids is 1. The molecule has 1 N–H and O–H groups in total. The molecular weight excluding hydrogens is 368 g/mol. The summed E-state index contributed by atoms with van der Waals surface area (Å²) in [4.78, 5) is 16.8. The first kappa shape index (κ1) is 18.6. The number of benzene rings is 2. The number of carbonyl (C=O) groups is 1. The third kappa shape index (κ3) is 5.39. The minimum absolute atomic E-state index is 0.0841. The van der Waals surface area contributed by atoms with Crippen LogP contribution >= 0.6 is 22.9 Å². The van der Waals surface area contributed by atoms with Crippen LogP contribution < -0.4 is 5.32 Å². The second kappa shape index (κ2) is 8.94. The molecule has 134 valence electrons. The van der Waals surface area contributed by atoms with Crippen molar-refractivity contribution >= 4 is 34.5 Å². The second-order valence-electron chi connectivity index (χ2n) is 5.90. The Labute approximate surface area is 161 Å². The van der Waals surface area contributed by atoms with Crippen LogP contribution in [0.25, 0.3) is 0 Å². The maximum absolute atomic E-state index is 12.3. The van der Waals surface area contributed by atoms with E-state index in [1.54, 1.807) is 18.4 Å². The summed E-state index contributed by atoms with van der Waals surface area (Å²) in [5.74, 6) is -0.0841. The highest BCUT2D eigenvalue weighted by atomic mass is 35.5. The van der Waals surface area contributed by atoms with Gasteiger partial charge in [-0.15, -0.1) is 11.3 Å². The summed E-state index contributed by atoms with van der Waals surface area (Å²) in [6.07, 6.45) is 0.965. The molecule has 0 aliphatic heterocycles. The van der Waals surface area contributed by atoms with Gasteiger partial charge in [-0.2, -0.15) is 0 Å². The first-order valence-corrected chi connectivity index (χ1v) is 9.43. The van der Waals surface area contributed by atoms with Crippen molar-refractivity contribution in [1.82, 2.24) is 4.98 Å². The Balaban J connectivity index is 1.58. The maximum Gasteiger partial charge on any atom is 0.230 e. The Morgan fingerprint density at radius 2 is 2.00 bits per heavy atom. The number of anilines is 1. The monoisotopic (exact) mass is 386 g/mol. The number of hydrogen-bond donors (Lipinski definition) is 1. The average molecular weight is 387 g/mol. The van der Waals surface area contributed by atoms with E-state index < -0.39 is 0 Å². The quantitative estimate of drug-likeness (QED) is 0.639. The van der Waals surface area contributed by atoms with Gasteiger partial charge in [0, 0.05) is 29.6 Å². The molecule has 0 atom stereocenters. The van der Waals surface area contributed by atoms with Crippen LogP contribution in [0, 0.1) is 0 Å². The number of nitrogens with zero attached hydrogens (tertiary/aromatic N) is 1. The fourth-order valence-electron chi connectivity index (χ4n) is 2.61. The van der Waals surface area contributed by atoms with Gasteiger partial charge in [0.05, 0.1) is 23.7 Å². The highest BCUT2D eigenvalue weighted by molar-refractivity contribution is 7.09. The lowest BCUT2D eigenvalue weighted by atomic mass is 10.2. The number of thiazole rings is 1. The van der Waals surface area contributed by atoms with Crippen molar-refractivity contribution in [2.75, 3.05) is 12.4 Å². The molecule has 1 heterocycles. The highest BCUT2D eigenvalue weighted by Gasteiger charge is 2.09. The van der Waals surface area contributed by atoms with Gasteiger partial charge in [0.15, 0.2) is 0 Å². The molecule has 0 fully saturated rings. The van der Waals surface area contributed by atoms with E-state index in [2.05, 4.69) is 10.3 Å². The van der Waals surface area contributed by atoms with Crippen molar-refractivity contribution in [3.05, 3.63) is 80.8 Å². The number of ether oxygens (including phenoxy) is 1. The summed E-state index contributed by atoms with van der Waals surface area (Å²) in [6, 6.07) is 15.4. The highest BCUT2D eigenvalue weighted by Crippen LogP contribution is 2.18. The standard InChI is InChI=1S/C20H19ClN2O2S/c1-25-12-15-5-3-7-17(9-15)22-19(24)11-18-13-26-20(23-18)10-14-4-2-6-16(21)8-14/h2-9,13H,10-12H2,1H3,(H,22,24). The second-order valence-corrected chi connectivity index (χ2v) is 7.28. The van der Waals surface area contributed by atoms with E-state index in [4.69, 9.17) is 16.3 Å². The van der Waals surface area contributed by atoms with Crippen LogP contribution in [0.4, 0.5) is 5.69 Å². The molecule has 0 aliphatic rings. The zero-order valence-corrected chi connectivity index (χ0v) is 15.9. The number of rotatable bonds is 7. The van der Waals surface area contributed by atoms with Crippen LogP contribution in [-0.2, 0) is 29.0 Å². The van der Waals surface area contributed by atoms with E-state index in [-0.39, 0.29) is 12.3 Å². The molecule has 1 aromatic heterocycles. The Morgan fingerprint density at radius 3 is 2.81 bits per heavy atom. The van der Waals surface area contributed by atoms with Crippen LogP contribution in [0.5, 0.6) is 0 Å². The fraction of sp³-hybridized carbons (Fsp3) is 0.200. The van der Waals surface area contributed by atoms with Crippen molar-refractivity contribution in [1.29, 1.82) is 0 Å². The van der Waals surface area contributed by atoms with Crippen LogP contribution in [0.2, 0.25) is 5.02 Å². The van der Waals surface area contributed by atoms with Gasteiger partial charge in [0.2, 0.25) is 5.91 Å². The van der Waals surface area contributed by atoms with Gasteiger partial charge >= 0.3 is 0 Å². The van der Waals surface area contributed by atoms with E-state index in [0.29, 0.717) is 13.0 Å². The molecule has 3 aromatic rings. The lowest BCUT2D eigenvalue weighted by Gasteiger charge is -2.06. The molecule has 0 saturated carbocycles. The van der Waals surface area contributed by atoms with E-state index in [1.807, 2.05) is 53.9 Å². The molecule has 0 radical (unpaired) electrons. The lowest BCUT2D eigenvalue weighted by molar-refractivity contribution is -0.115. The molecule has 4 nitrogen and oxygen atoms in total. The van der Waals surface area contributed by atoms with E-state index in [1.165, 1.54) is 0 Å². The average Bonchev–Trinajstić information content (AvgIpc) is 3.02. The van der Waals surface area contributed by atoms with Gasteiger partial charge in [0.1, 0.15) is 0 Å². The molecule has 6 heteroatoms. The van der Waals surface area contributed by atoms with Gasteiger partial charge in [-0.1, -0.05) is 35.9 Å². The Kier molecular flexibility index (Phi) is 6.39. The largest absolute Gasteiger partial charge is 0.380 e. The summed E-state index contributed by atoms with van der Waals surface area (Å²) < 4.78 is 5.11. The maximum atomic E-state index is 12.3. The number of halogens is 1. The summed E-state index contributed by atoms with van der Waals surface area (Å²) in [7, 11) is 1.65. The van der Waals surface area contributed by atoms with Crippen LogP contribution in [-0.4, -0.2) is 18.0 Å². The van der Waals surface area contributed by atoms with Gasteiger partial charge in [0.25, 0.3) is 0 Å². The first-order valence-electron chi connectivity index (χ1n) is 8.18. The number of hydrogen-bond acceptors (Lipinski definition) is 4. The molecule has 26 heavy (non-hydrogen) atoms. The van der Waals surface area contributed by atoms with E-state index >= 15 is 0 Å². The van der Waals surface area contributed by atoms with Gasteiger partial charge in [-0.05, 0) is 35.4 Å². The number of nitrogens with one attached hydrogen (secondary N) is 1. The third-order valence-corrected chi connectivity index (χ3v) is 4.84. The summed E-state index contributed by atoms with van der Waals surface area (Å²) in [6.45, 7) is 0.517. The molecule has 0 spiro atoms. The molecular formula is C20H19ClN2O2S. The summed E-state index contributed by atoms with van der Waals surface area (Å²) >= 11 is 7.57. The van der Waals surface area contributed by atoms with Gasteiger partial charge < -0.3 is 10.1 Å². The Hall–Kier alpha value is -2.21. The minimum Gasteiger partial charge on any atom is -0.380 e. The lowest BCUT2D eigenvalue weighted by Crippen LogP contribution is -2.14. The number of amides is 1. The molecule has 0 aliphatic carbocycles. The van der Waals surface area contributed by atoms with E-state index in [9.17, 15) is 4.79 Å². The van der Waals surface area contributed by atoms with Crippen molar-refractivity contribution in [3.8, 4) is 0 Å². The SMILES string of the molecule is COCc1cccc(NC(=O)Cc2csc(Cc3cccc(Cl)c3)n2)c1. The number of methoxy groups -OCH3 is 1. The molecule has 3 rings (SSSR count). The van der Waals surface area contributed by atoms with E-state index in [0.717, 1.165) is 32.5 Å². The van der Waals surface area contributed by atoms with Gasteiger partial charge in [-0.25, -0.2) is 4.98 Å². The normalized spacial score (nSPS) is 10.7. The van der Waals surface area contributed by atoms with Crippen molar-refractivity contribution in [3.63, 3.8) is 0 Å². The first-order chi connectivity index (χ1) is 12.6. The minimum atomic E-state index is -0.0841. The van der Waals surface area contributed by atoms with Crippen LogP contribution in [0.15, 0.2) is 53.9 Å². The van der Waals surface area contributed by atoms with Gasteiger partial charge in [-0.3, -0.25) is 4.79 Å². The predicted octanol–water partition coefficient (Wildman–Crippen LogP) is 4.71. The molecule has 1 amide bonds. The van der Waals surface area contributed by atoms with Crippen molar-refractivity contribution < 1.29 is 9.53 Å². The molecule has 0 unspecified atom stereocenters. The molecule has 0 saturated heterocycles. The molecule has 0 bridgehead atoms. The Bertz CT molecular complexity index is 895. The zero-order chi connectivity index (χ0) is 18.4. The third-order valence-electron chi connectivity index (χ3n) is 3.71. The van der Waals surface area contributed by atoms with Crippen LogP contribution in [0.1, 0.15) is 21.8 Å². The summed E-state index contributed by atoms with van der Waals surface area (Å²) in [5, 5.41) is 6.53. The fourth-order valence-corrected chi connectivity index (χ4v) is 3.65. The Morgan fingerprint density at radius 1 is 1.19 bits per heavy atom. The molecule has 2 aromatic carbocycles.